The summed E-state index contributed by atoms with van der Waals surface area (Å²) in [6.07, 6.45) is 1.25. The van der Waals surface area contributed by atoms with Crippen molar-refractivity contribution >= 4 is 29.4 Å². The van der Waals surface area contributed by atoms with Crippen LogP contribution in [0.2, 0.25) is 0 Å². The summed E-state index contributed by atoms with van der Waals surface area (Å²) in [5.74, 6) is 0.703. The van der Waals surface area contributed by atoms with Gasteiger partial charge in [-0.15, -0.1) is 0 Å². The highest BCUT2D eigenvalue weighted by molar-refractivity contribution is 6.00. The number of nitrogens with zero attached hydrogens (tertiary/aromatic N) is 3. The molecule has 35 heavy (non-hydrogen) atoms. The molecule has 3 aromatic rings. The zero-order valence-electron chi connectivity index (χ0n) is 19.6. The number of rotatable bonds is 6. The third-order valence-electron chi connectivity index (χ3n) is 6.08. The lowest BCUT2D eigenvalue weighted by Gasteiger charge is -2.39. The van der Waals surface area contributed by atoms with E-state index >= 15 is 0 Å². The quantitative estimate of drug-likeness (QED) is 0.206. The van der Waals surface area contributed by atoms with Crippen LogP contribution in [0, 0.1) is 5.41 Å². The number of anilines is 3. The number of piperidine rings is 1. The average Bonchev–Trinajstić information content (AvgIpc) is 2.84. The van der Waals surface area contributed by atoms with Crippen molar-refractivity contribution in [2.45, 2.75) is 38.5 Å². The molecule has 10 nitrogen and oxygen atoms in total. The van der Waals surface area contributed by atoms with Crippen molar-refractivity contribution in [3.8, 4) is 11.3 Å². The van der Waals surface area contributed by atoms with Crippen molar-refractivity contribution in [2.75, 3.05) is 22.9 Å². The minimum atomic E-state index is -0.447. The second-order valence-electron chi connectivity index (χ2n) is 8.67. The van der Waals surface area contributed by atoms with Crippen LogP contribution in [0.1, 0.15) is 30.9 Å². The van der Waals surface area contributed by atoms with E-state index < -0.39 is 6.09 Å². The number of benzene rings is 2. The summed E-state index contributed by atoms with van der Waals surface area (Å²) in [6, 6.07) is 16.7. The van der Waals surface area contributed by atoms with Crippen LogP contribution in [0.4, 0.5) is 22.2 Å². The minimum Gasteiger partial charge on any atom is -0.445 e. The van der Waals surface area contributed by atoms with E-state index in [-0.39, 0.29) is 30.5 Å². The van der Waals surface area contributed by atoms with E-state index in [9.17, 15) is 4.79 Å². The molecule has 1 saturated heterocycles. The van der Waals surface area contributed by atoms with Gasteiger partial charge in [-0.3, -0.25) is 5.41 Å². The molecule has 1 aliphatic heterocycles. The van der Waals surface area contributed by atoms with E-state index in [0.29, 0.717) is 29.3 Å². The van der Waals surface area contributed by atoms with E-state index in [1.165, 1.54) is 0 Å². The van der Waals surface area contributed by atoms with Crippen molar-refractivity contribution in [3.05, 3.63) is 65.7 Å². The van der Waals surface area contributed by atoms with Gasteiger partial charge in [0.05, 0.1) is 5.69 Å². The maximum Gasteiger partial charge on any atom is 0.407 e. The second-order valence-corrected chi connectivity index (χ2v) is 8.67. The maximum absolute atomic E-state index is 12.4. The number of hydrogen-bond acceptors (Lipinski definition) is 8. The van der Waals surface area contributed by atoms with E-state index in [1.54, 1.807) is 18.2 Å². The zero-order valence-corrected chi connectivity index (χ0v) is 19.6. The first-order chi connectivity index (χ1) is 16.8. The molecule has 0 spiro atoms. The van der Waals surface area contributed by atoms with Crippen molar-refractivity contribution in [3.63, 3.8) is 0 Å². The highest BCUT2D eigenvalue weighted by Crippen LogP contribution is 2.29. The predicted molar refractivity (Wildman–Crippen MR) is 137 cm³/mol. The van der Waals surface area contributed by atoms with Crippen LogP contribution in [-0.4, -0.2) is 40.5 Å². The number of carbonyl (C=O) groups is 1. The normalized spacial score (nSPS) is 17.6. The molecule has 1 amide bonds. The number of carbonyl (C=O) groups excluding carboxylic acids is 1. The molecule has 10 heteroatoms. The van der Waals surface area contributed by atoms with Crippen LogP contribution < -0.4 is 27.4 Å². The van der Waals surface area contributed by atoms with Gasteiger partial charge in [0, 0.05) is 41.5 Å². The molecule has 2 aromatic carbocycles. The van der Waals surface area contributed by atoms with E-state index in [4.69, 9.17) is 27.3 Å². The van der Waals surface area contributed by atoms with Crippen LogP contribution >= 0.6 is 0 Å². The summed E-state index contributed by atoms with van der Waals surface area (Å²) in [5, 5.41) is 10.6. The minimum absolute atomic E-state index is 0.0973. The molecule has 2 heterocycles. The van der Waals surface area contributed by atoms with Crippen LogP contribution in [0.5, 0.6) is 0 Å². The molecule has 8 N–H and O–H groups in total. The predicted octanol–water partition coefficient (Wildman–Crippen LogP) is 2.88. The summed E-state index contributed by atoms with van der Waals surface area (Å²) < 4.78 is 5.38. The van der Waals surface area contributed by atoms with E-state index in [2.05, 4.69) is 27.1 Å². The monoisotopic (exact) mass is 474 g/mol. The third-order valence-corrected chi connectivity index (χ3v) is 6.08. The van der Waals surface area contributed by atoms with Gasteiger partial charge in [-0.25, -0.2) is 9.78 Å². The molecule has 4 rings (SSSR count). The van der Waals surface area contributed by atoms with Crippen molar-refractivity contribution in [2.24, 2.45) is 5.73 Å². The molecular formula is C25H30N8O2. The van der Waals surface area contributed by atoms with E-state index in [0.717, 1.165) is 24.0 Å². The first-order valence-corrected chi connectivity index (χ1v) is 11.4. The number of aromatic nitrogens is 2. The van der Waals surface area contributed by atoms with Gasteiger partial charge in [-0.1, -0.05) is 36.4 Å². The molecule has 2 atom stereocenters. The van der Waals surface area contributed by atoms with Crippen LogP contribution in [-0.2, 0) is 11.3 Å². The molecule has 0 bridgehead atoms. The molecule has 2 unspecified atom stereocenters. The Hall–Kier alpha value is -4.34. The number of ether oxygens (including phenoxy) is 1. The fourth-order valence-electron chi connectivity index (χ4n) is 4.19. The zero-order chi connectivity index (χ0) is 24.9. The first-order valence-electron chi connectivity index (χ1n) is 11.4. The smallest absolute Gasteiger partial charge is 0.407 e. The summed E-state index contributed by atoms with van der Waals surface area (Å²) in [6.45, 7) is 2.89. The number of alkyl carbamates (subject to hydrolysis) is 1. The Morgan fingerprint density at radius 3 is 2.63 bits per heavy atom. The topological polar surface area (TPSA) is 169 Å². The molecule has 0 saturated carbocycles. The number of amides is 1. The van der Waals surface area contributed by atoms with Gasteiger partial charge in [0.1, 0.15) is 18.3 Å². The summed E-state index contributed by atoms with van der Waals surface area (Å²) in [4.78, 5) is 23.3. The van der Waals surface area contributed by atoms with Gasteiger partial charge in [-0.05, 0) is 37.5 Å². The van der Waals surface area contributed by atoms with Gasteiger partial charge >= 0.3 is 6.09 Å². The van der Waals surface area contributed by atoms with Crippen molar-refractivity contribution in [1.82, 2.24) is 15.3 Å². The molecule has 1 aliphatic rings. The lowest BCUT2D eigenvalue weighted by atomic mass is 9.99. The first kappa shape index (κ1) is 23.8. The SMILES string of the molecule is CC1CCC(NC(=O)OCc2ccccc2)CN1c1cc(-c2ccc(C(=N)N)c(N)c2)nc(N)n1. The van der Waals surface area contributed by atoms with Crippen LogP contribution in [0.15, 0.2) is 54.6 Å². The molecule has 1 aromatic heterocycles. The molecule has 1 fully saturated rings. The molecular weight excluding hydrogens is 444 g/mol. The Morgan fingerprint density at radius 2 is 1.91 bits per heavy atom. The maximum atomic E-state index is 12.4. The Kier molecular flexibility index (Phi) is 7.00. The van der Waals surface area contributed by atoms with Gasteiger partial charge in [0.15, 0.2) is 0 Å². The highest BCUT2D eigenvalue weighted by Gasteiger charge is 2.28. The Labute approximate surface area is 204 Å². The summed E-state index contributed by atoms with van der Waals surface area (Å²) in [5.41, 5.74) is 20.8. The van der Waals surface area contributed by atoms with Gasteiger partial charge in [0.2, 0.25) is 5.95 Å². The number of nitrogen functional groups attached to an aromatic ring is 3. The molecule has 182 valence electrons. The number of nitrogens with one attached hydrogen (secondary N) is 2. The lowest BCUT2D eigenvalue weighted by molar-refractivity contribution is 0.134. The Bertz CT molecular complexity index is 1220. The summed E-state index contributed by atoms with van der Waals surface area (Å²) >= 11 is 0. The van der Waals surface area contributed by atoms with Gasteiger partial charge in [0.25, 0.3) is 0 Å². The Balaban J connectivity index is 1.47. The van der Waals surface area contributed by atoms with E-state index in [1.807, 2.05) is 36.4 Å². The largest absolute Gasteiger partial charge is 0.445 e. The average molecular weight is 475 g/mol. The van der Waals surface area contributed by atoms with Gasteiger partial charge in [-0.2, -0.15) is 4.98 Å². The third kappa shape index (κ3) is 5.78. The Morgan fingerprint density at radius 1 is 1.14 bits per heavy atom. The summed E-state index contributed by atoms with van der Waals surface area (Å²) in [7, 11) is 0. The second kappa shape index (κ2) is 10.3. The standard InChI is InChI=1S/C25H30N8O2/c1-15-7-9-18(30-25(34)35-14-16-5-3-2-4-6-16)13-33(15)22-12-21(31-24(29)32-22)17-8-10-19(23(27)28)20(26)11-17/h2-6,8,10-12,15,18H,7,9,13-14,26H2,1H3,(H3,27,28)(H,30,34)(H2,29,31,32). The van der Waals surface area contributed by atoms with Crippen molar-refractivity contribution < 1.29 is 9.53 Å². The number of amidine groups is 1. The molecule has 0 aliphatic carbocycles. The van der Waals surface area contributed by atoms with Crippen LogP contribution in [0.25, 0.3) is 11.3 Å². The highest BCUT2D eigenvalue weighted by atomic mass is 16.5. The number of hydrogen-bond donors (Lipinski definition) is 5. The molecule has 0 radical (unpaired) electrons. The van der Waals surface area contributed by atoms with Gasteiger partial charge < -0.3 is 32.2 Å². The fourth-order valence-corrected chi connectivity index (χ4v) is 4.19. The number of nitrogens with two attached hydrogens (primary N) is 3. The fraction of sp³-hybridized carbons (Fsp3) is 0.280. The van der Waals surface area contributed by atoms with Crippen molar-refractivity contribution in [1.29, 1.82) is 5.41 Å². The lowest BCUT2D eigenvalue weighted by Crippen LogP contribution is -2.51. The van der Waals surface area contributed by atoms with Crippen LogP contribution in [0.3, 0.4) is 0 Å².